The summed E-state index contributed by atoms with van der Waals surface area (Å²) in [5, 5.41) is 11.2. The molecule has 3 heterocycles. The van der Waals surface area contributed by atoms with Crippen LogP contribution in [0.5, 0.6) is 0 Å². The predicted octanol–water partition coefficient (Wildman–Crippen LogP) is 6.05. The molecule has 3 aliphatic heterocycles. The van der Waals surface area contributed by atoms with Gasteiger partial charge in [-0.2, -0.15) is 0 Å². The molecule has 0 aliphatic carbocycles. The molecular formula is C41H52ClN3O7. The third kappa shape index (κ3) is 6.93. The number of likely N-dealkylation sites (tertiary alicyclic amines) is 1. The van der Waals surface area contributed by atoms with Gasteiger partial charge in [0.1, 0.15) is 17.7 Å². The zero-order valence-corrected chi connectivity index (χ0v) is 31.6. The van der Waals surface area contributed by atoms with Crippen molar-refractivity contribution in [3.63, 3.8) is 0 Å². The monoisotopic (exact) mass is 733 g/mol. The zero-order chi connectivity index (χ0) is 37.9. The van der Waals surface area contributed by atoms with Crippen molar-refractivity contribution in [2.45, 2.75) is 95.7 Å². The minimum absolute atomic E-state index is 0.111. The van der Waals surface area contributed by atoms with Crippen LogP contribution < -0.4 is 4.90 Å². The molecule has 5 rings (SSSR count). The van der Waals surface area contributed by atoms with Gasteiger partial charge in [-0.1, -0.05) is 86.5 Å². The molecule has 3 fully saturated rings. The number of ether oxygens (including phenoxy) is 2. The molecule has 280 valence electrons. The number of halogens is 1. The molecule has 2 aromatic carbocycles. The number of aryl methyl sites for hydroxylation is 1. The Bertz CT molecular complexity index is 1650. The molecule has 3 aliphatic rings. The lowest BCUT2D eigenvalue weighted by Crippen LogP contribution is -2.60. The van der Waals surface area contributed by atoms with Gasteiger partial charge in [-0.25, -0.2) is 0 Å². The lowest BCUT2D eigenvalue weighted by atomic mass is 9.70. The second-order valence-electron chi connectivity index (χ2n) is 14.4. The highest BCUT2D eigenvalue weighted by molar-refractivity contribution is 6.34. The Morgan fingerprint density at radius 1 is 1.13 bits per heavy atom. The number of allylic oxidation sites excluding steroid dienone is 1. The molecule has 52 heavy (non-hydrogen) atoms. The van der Waals surface area contributed by atoms with Gasteiger partial charge in [0.2, 0.25) is 11.8 Å². The minimum atomic E-state index is -1.34. The van der Waals surface area contributed by atoms with E-state index in [4.69, 9.17) is 21.1 Å². The van der Waals surface area contributed by atoms with Crippen LogP contribution in [0, 0.1) is 24.7 Å². The van der Waals surface area contributed by atoms with Crippen LogP contribution in [-0.2, 0) is 28.7 Å². The number of amides is 3. The molecule has 1 N–H and O–H groups in total. The first-order valence-electron chi connectivity index (χ1n) is 18.3. The number of benzene rings is 2. The number of aliphatic hydroxyl groups excluding tert-OH is 1. The van der Waals surface area contributed by atoms with Crippen molar-refractivity contribution in [1.29, 1.82) is 0 Å². The van der Waals surface area contributed by atoms with Crippen LogP contribution in [-0.4, -0.2) is 88.6 Å². The Balaban J connectivity index is 1.56. The van der Waals surface area contributed by atoms with Gasteiger partial charge in [-0.3, -0.25) is 19.2 Å². The van der Waals surface area contributed by atoms with Crippen LogP contribution in [0.25, 0.3) is 0 Å². The summed E-state index contributed by atoms with van der Waals surface area (Å²) in [7, 11) is 1.68. The lowest BCUT2D eigenvalue weighted by Gasteiger charge is -2.41. The maximum atomic E-state index is 15.1. The summed E-state index contributed by atoms with van der Waals surface area (Å²) < 4.78 is 13.1. The molecule has 3 saturated heterocycles. The summed E-state index contributed by atoms with van der Waals surface area (Å²) in [4.78, 5) is 62.3. The number of nitrogens with zero attached hydrogens (tertiary/aromatic N) is 3. The number of hydrogen-bond donors (Lipinski definition) is 1. The van der Waals surface area contributed by atoms with E-state index in [2.05, 4.69) is 13.2 Å². The van der Waals surface area contributed by atoms with Crippen LogP contribution >= 0.6 is 11.6 Å². The van der Waals surface area contributed by atoms with Crippen LogP contribution in [0.1, 0.15) is 70.1 Å². The number of aliphatic hydroxyl groups is 1. The number of rotatable bonds is 16. The maximum Gasteiger partial charge on any atom is 0.313 e. The molecular weight excluding hydrogens is 682 g/mol. The molecule has 2 bridgehead atoms. The first-order valence-corrected chi connectivity index (χ1v) is 18.7. The number of likely N-dealkylation sites (N-methyl/N-ethyl adjacent to an activating group) is 1. The summed E-state index contributed by atoms with van der Waals surface area (Å²) in [6, 6.07) is 12.2. The van der Waals surface area contributed by atoms with Crippen LogP contribution in [0.3, 0.4) is 0 Å². The van der Waals surface area contributed by atoms with Gasteiger partial charge in [0.05, 0.1) is 47.3 Å². The number of carbonyl (C=O) groups excluding carboxylic acids is 4. The molecule has 0 saturated carbocycles. The van der Waals surface area contributed by atoms with Gasteiger partial charge in [-0.15, -0.1) is 13.2 Å². The summed E-state index contributed by atoms with van der Waals surface area (Å²) in [6.07, 6.45) is 4.00. The Morgan fingerprint density at radius 2 is 1.85 bits per heavy atom. The van der Waals surface area contributed by atoms with E-state index in [9.17, 15) is 19.5 Å². The van der Waals surface area contributed by atoms with E-state index in [1.165, 1.54) is 9.80 Å². The standard InChI is InChI=1S/C41H52ClN3O7/c1-8-11-20-32(47)43(7)27(6)36(28-17-13-12-14-18-28)51-40(50)33-31-21-22-41(52-31)34(33)38(48)45(30(24-46)25(4)10-3)37(41)39(49)44(23-9-2)35-26(5)16-15-19-29(35)42/h8-9,12-19,25,27,30-31,33-34,36-37,46H,1-2,10-11,20-24H2,3-7H3/t25-,27-,30-,31-,33+,34+,36+,37-,41+/m0/s1. The van der Waals surface area contributed by atoms with E-state index in [0.717, 1.165) is 5.56 Å². The van der Waals surface area contributed by atoms with E-state index in [-0.39, 0.29) is 31.4 Å². The van der Waals surface area contributed by atoms with Crippen molar-refractivity contribution in [2.24, 2.45) is 17.8 Å². The number of carbonyl (C=O) groups is 4. The normalized spacial score (nSPS) is 25.5. The Hall–Kier alpha value is -3.99. The predicted molar refractivity (Wildman–Crippen MR) is 200 cm³/mol. The summed E-state index contributed by atoms with van der Waals surface area (Å²) in [6.45, 7) is 14.9. The Morgan fingerprint density at radius 3 is 2.46 bits per heavy atom. The summed E-state index contributed by atoms with van der Waals surface area (Å²) in [5.41, 5.74) is 0.620. The van der Waals surface area contributed by atoms with E-state index in [1.807, 2.05) is 64.1 Å². The molecule has 0 unspecified atom stereocenters. The third-order valence-corrected chi connectivity index (χ3v) is 11.8. The number of hydrogen-bond acceptors (Lipinski definition) is 7. The fourth-order valence-corrected chi connectivity index (χ4v) is 8.79. The van der Waals surface area contributed by atoms with Crippen molar-refractivity contribution < 1.29 is 33.8 Å². The number of fused-ring (bicyclic) bond motifs is 1. The molecule has 2 aromatic rings. The first-order chi connectivity index (χ1) is 24.9. The van der Waals surface area contributed by atoms with Crippen molar-refractivity contribution >= 4 is 41.0 Å². The fourth-order valence-electron chi connectivity index (χ4n) is 8.47. The van der Waals surface area contributed by atoms with Gasteiger partial charge < -0.3 is 29.3 Å². The topological polar surface area (TPSA) is 117 Å². The second kappa shape index (κ2) is 16.4. The average Bonchev–Trinajstić information content (AvgIpc) is 3.79. The average molecular weight is 734 g/mol. The summed E-state index contributed by atoms with van der Waals surface area (Å²) >= 11 is 6.71. The van der Waals surface area contributed by atoms with Crippen molar-refractivity contribution in [3.8, 4) is 0 Å². The highest BCUT2D eigenvalue weighted by atomic mass is 35.5. The lowest BCUT2D eigenvalue weighted by molar-refractivity contribution is -0.165. The van der Waals surface area contributed by atoms with Gasteiger partial charge >= 0.3 is 5.97 Å². The van der Waals surface area contributed by atoms with E-state index in [1.54, 1.807) is 36.2 Å². The van der Waals surface area contributed by atoms with Gasteiger partial charge in [-0.05, 0) is 56.2 Å². The maximum absolute atomic E-state index is 15.1. The zero-order valence-electron chi connectivity index (χ0n) is 30.9. The smallest absolute Gasteiger partial charge is 0.313 e. The molecule has 10 nitrogen and oxygen atoms in total. The fraction of sp³-hybridized carbons (Fsp3) is 0.512. The number of para-hydroxylation sites is 1. The summed E-state index contributed by atoms with van der Waals surface area (Å²) in [5.74, 6) is -3.78. The molecule has 11 heteroatoms. The SMILES string of the molecule is C=CCCC(=O)N(C)[C@@H](C)[C@@H](OC(=O)[C@@H]1[C@@H]2CC[C@]3(O2)[C@H](C(=O)N(CC=C)c2c(C)cccc2Cl)N([C@@H](CO)[C@@H](C)CC)C(=O)[C@@H]13)c1ccccc1. The third-order valence-electron chi connectivity index (χ3n) is 11.5. The van der Waals surface area contributed by atoms with Crippen molar-refractivity contribution in [2.75, 3.05) is 25.1 Å². The van der Waals surface area contributed by atoms with Crippen LogP contribution in [0.2, 0.25) is 5.02 Å². The number of esters is 1. The van der Waals surface area contributed by atoms with E-state index >= 15 is 4.79 Å². The largest absolute Gasteiger partial charge is 0.455 e. The Kier molecular flexibility index (Phi) is 12.3. The first kappa shape index (κ1) is 39.2. The van der Waals surface area contributed by atoms with Crippen LogP contribution in [0.4, 0.5) is 5.69 Å². The molecule has 3 amide bonds. The molecule has 9 atom stereocenters. The van der Waals surface area contributed by atoms with Gasteiger partial charge in [0.15, 0.2) is 0 Å². The minimum Gasteiger partial charge on any atom is -0.455 e. The van der Waals surface area contributed by atoms with Gasteiger partial charge in [0.25, 0.3) is 5.91 Å². The molecule has 1 spiro atoms. The molecule has 0 radical (unpaired) electrons. The van der Waals surface area contributed by atoms with E-state index in [0.29, 0.717) is 42.0 Å². The second-order valence-corrected chi connectivity index (χ2v) is 14.8. The van der Waals surface area contributed by atoms with Crippen molar-refractivity contribution in [3.05, 3.63) is 90.0 Å². The van der Waals surface area contributed by atoms with Crippen LogP contribution in [0.15, 0.2) is 73.8 Å². The van der Waals surface area contributed by atoms with E-state index < -0.39 is 65.6 Å². The molecule has 0 aromatic heterocycles. The highest BCUT2D eigenvalue weighted by Gasteiger charge is 2.76. The van der Waals surface area contributed by atoms with Gasteiger partial charge in [0, 0.05) is 20.0 Å². The Labute approximate surface area is 312 Å². The quantitative estimate of drug-likeness (QED) is 0.165. The van der Waals surface area contributed by atoms with Crippen molar-refractivity contribution in [1.82, 2.24) is 9.80 Å². The number of anilines is 1. The highest BCUT2D eigenvalue weighted by Crippen LogP contribution is 2.60.